The number of ether oxygens (including phenoxy) is 1. The molecule has 5 rings (SSSR count). The van der Waals surface area contributed by atoms with Crippen molar-refractivity contribution < 1.29 is 9.15 Å². The summed E-state index contributed by atoms with van der Waals surface area (Å²) in [6.45, 7) is 3.36. The Morgan fingerprint density at radius 2 is 1.90 bits per heavy atom. The van der Waals surface area contributed by atoms with Gasteiger partial charge in [0.2, 0.25) is 0 Å². The van der Waals surface area contributed by atoms with Crippen LogP contribution in [0.3, 0.4) is 0 Å². The fourth-order valence-electron chi connectivity index (χ4n) is 3.44. The Morgan fingerprint density at radius 3 is 2.66 bits per heavy atom. The first-order valence-corrected chi connectivity index (χ1v) is 10.4. The summed E-state index contributed by atoms with van der Waals surface area (Å²) in [5, 5.41) is 5.48. The summed E-state index contributed by atoms with van der Waals surface area (Å²) in [7, 11) is 0. The topological polar surface area (TPSA) is 73.4 Å². The summed E-state index contributed by atoms with van der Waals surface area (Å²) in [5.74, 6) is 0.639. The van der Waals surface area contributed by atoms with Gasteiger partial charge in [-0.3, -0.25) is 4.79 Å². The molecule has 0 spiro atoms. The lowest BCUT2D eigenvalue weighted by Crippen LogP contribution is -2.36. The van der Waals surface area contributed by atoms with Crippen molar-refractivity contribution in [3.05, 3.63) is 64.6 Å². The Labute approximate surface area is 171 Å². The number of fused-ring (bicyclic) bond motifs is 1. The molecule has 148 valence electrons. The number of hydrogen-bond donors (Lipinski definition) is 0. The first-order valence-electron chi connectivity index (χ1n) is 9.62. The van der Waals surface area contributed by atoms with E-state index in [1.165, 1.54) is 16.0 Å². The predicted octanol–water partition coefficient (Wildman–Crippen LogP) is 3.19. The number of hydrogen-bond acceptors (Lipinski definition) is 7. The first kappa shape index (κ1) is 18.1. The average molecular weight is 408 g/mol. The molecule has 29 heavy (non-hydrogen) atoms. The Hall–Kier alpha value is -2.97. The zero-order valence-electron chi connectivity index (χ0n) is 15.8. The van der Waals surface area contributed by atoms with Crippen LogP contribution in [0.15, 0.2) is 57.9 Å². The molecule has 7 nitrogen and oxygen atoms in total. The number of aryl methyl sites for hydroxylation is 2. The molecular formula is C21H20N4O3S. The second kappa shape index (κ2) is 7.81. The van der Waals surface area contributed by atoms with E-state index in [0.29, 0.717) is 36.7 Å². The maximum absolute atomic E-state index is 13.1. The van der Waals surface area contributed by atoms with Gasteiger partial charge in [-0.15, -0.1) is 0 Å². The number of anilines is 1. The Kier molecular flexibility index (Phi) is 4.87. The summed E-state index contributed by atoms with van der Waals surface area (Å²) in [6, 6.07) is 13.8. The van der Waals surface area contributed by atoms with Crippen LogP contribution in [0.5, 0.6) is 0 Å². The summed E-state index contributed by atoms with van der Waals surface area (Å²) < 4.78 is 13.3. The zero-order chi connectivity index (χ0) is 19.6. The summed E-state index contributed by atoms with van der Waals surface area (Å²) in [5.41, 5.74) is 2.11. The van der Waals surface area contributed by atoms with E-state index >= 15 is 0 Å². The van der Waals surface area contributed by atoms with Crippen molar-refractivity contribution in [3.8, 4) is 11.5 Å². The van der Waals surface area contributed by atoms with Crippen molar-refractivity contribution in [2.75, 3.05) is 31.2 Å². The van der Waals surface area contributed by atoms with E-state index in [0.717, 1.165) is 34.9 Å². The van der Waals surface area contributed by atoms with E-state index in [9.17, 15) is 4.79 Å². The van der Waals surface area contributed by atoms with E-state index in [4.69, 9.17) is 14.1 Å². The third kappa shape index (κ3) is 3.56. The fraction of sp³-hybridized carbons (Fsp3) is 0.286. The zero-order valence-corrected chi connectivity index (χ0v) is 16.6. The van der Waals surface area contributed by atoms with Crippen LogP contribution in [-0.2, 0) is 17.7 Å². The first-order chi connectivity index (χ1) is 14.3. The standard InChI is InChI=1S/C21H20N4O3S/c26-20-18-19(29-21(22-18)24-10-13-27-14-11-24)17(16-7-4-12-28-16)23-25(20)9-8-15-5-2-1-3-6-15/h1-7,12H,8-11,13-14H2. The molecule has 0 saturated carbocycles. The maximum atomic E-state index is 13.1. The van der Waals surface area contributed by atoms with Crippen molar-refractivity contribution in [1.29, 1.82) is 0 Å². The highest BCUT2D eigenvalue weighted by molar-refractivity contribution is 7.22. The van der Waals surface area contributed by atoms with Gasteiger partial charge < -0.3 is 14.1 Å². The molecule has 1 saturated heterocycles. The van der Waals surface area contributed by atoms with Crippen molar-refractivity contribution >= 4 is 26.7 Å². The number of thiazole rings is 1. The largest absolute Gasteiger partial charge is 0.463 e. The highest BCUT2D eigenvalue weighted by atomic mass is 32.1. The molecule has 0 atom stereocenters. The number of aromatic nitrogens is 3. The number of nitrogens with zero attached hydrogens (tertiary/aromatic N) is 4. The lowest BCUT2D eigenvalue weighted by atomic mass is 10.1. The third-order valence-corrected chi connectivity index (χ3v) is 6.10. The van der Waals surface area contributed by atoms with E-state index in [1.54, 1.807) is 6.26 Å². The molecule has 1 fully saturated rings. The normalized spacial score (nSPS) is 14.6. The Bertz CT molecular complexity index is 1160. The Balaban J connectivity index is 1.58. The highest BCUT2D eigenvalue weighted by Crippen LogP contribution is 2.34. The number of rotatable bonds is 5. The van der Waals surface area contributed by atoms with Gasteiger partial charge in [0.1, 0.15) is 5.69 Å². The molecule has 0 N–H and O–H groups in total. The molecule has 0 bridgehead atoms. The molecule has 3 aromatic heterocycles. The minimum absolute atomic E-state index is 0.165. The maximum Gasteiger partial charge on any atom is 0.294 e. The lowest BCUT2D eigenvalue weighted by Gasteiger charge is -2.25. The molecule has 0 unspecified atom stereocenters. The quantitative estimate of drug-likeness (QED) is 0.505. The van der Waals surface area contributed by atoms with E-state index < -0.39 is 0 Å². The van der Waals surface area contributed by atoms with Gasteiger partial charge in [0, 0.05) is 19.6 Å². The minimum Gasteiger partial charge on any atom is -0.463 e. The van der Waals surface area contributed by atoms with Crippen LogP contribution in [0.25, 0.3) is 21.7 Å². The van der Waals surface area contributed by atoms with Gasteiger partial charge in [-0.1, -0.05) is 41.7 Å². The molecule has 0 radical (unpaired) electrons. The van der Waals surface area contributed by atoms with Crippen molar-refractivity contribution in [1.82, 2.24) is 14.8 Å². The van der Waals surface area contributed by atoms with Gasteiger partial charge in [0.15, 0.2) is 16.4 Å². The summed E-state index contributed by atoms with van der Waals surface area (Å²) >= 11 is 1.49. The third-order valence-electron chi connectivity index (χ3n) is 4.98. The molecule has 4 heterocycles. The number of morpholine rings is 1. The fourth-order valence-corrected chi connectivity index (χ4v) is 4.54. The van der Waals surface area contributed by atoms with Gasteiger partial charge in [-0.2, -0.15) is 5.10 Å². The molecular weight excluding hydrogens is 388 g/mol. The lowest BCUT2D eigenvalue weighted by molar-refractivity contribution is 0.122. The van der Waals surface area contributed by atoms with Crippen LogP contribution >= 0.6 is 11.3 Å². The molecule has 1 aliphatic rings. The van der Waals surface area contributed by atoms with Crippen molar-refractivity contribution in [2.24, 2.45) is 0 Å². The van der Waals surface area contributed by atoms with E-state index in [2.05, 4.69) is 22.1 Å². The van der Waals surface area contributed by atoms with Gasteiger partial charge in [-0.25, -0.2) is 9.67 Å². The molecule has 8 heteroatoms. The molecule has 0 aliphatic carbocycles. The monoisotopic (exact) mass is 408 g/mol. The highest BCUT2D eigenvalue weighted by Gasteiger charge is 2.22. The minimum atomic E-state index is -0.165. The van der Waals surface area contributed by atoms with Crippen LogP contribution in [0.4, 0.5) is 5.13 Å². The number of benzene rings is 1. The summed E-state index contributed by atoms with van der Waals surface area (Å²) in [6.07, 6.45) is 2.34. The van der Waals surface area contributed by atoms with Crippen LogP contribution in [-0.4, -0.2) is 41.1 Å². The van der Waals surface area contributed by atoms with Gasteiger partial charge in [0.25, 0.3) is 5.56 Å². The SMILES string of the molecule is O=c1c2nc(N3CCOCC3)sc2c(-c2ccco2)nn1CCc1ccccc1. The second-order valence-electron chi connectivity index (χ2n) is 6.86. The second-order valence-corrected chi connectivity index (χ2v) is 7.84. The predicted molar refractivity (Wildman–Crippen MR) is 113 cm³/mol. The number of furan rings is 1. The van der Waals surface area contributed by atoms with Crippen LogP contribution in [0.2, 0.25) is 0 Å². The Morgan fingerprint density at radius 1 is 1.07 bits per heavy atom. The van der Waals surface area contributed by atoms with Gasteiger partial charge >= 0.3 is 0 Å². The molecule has 1 aromatic carbocycles. The van der Waals surface area contributed by atoms with Crippen molar-refractivity contribution in [2.45, 2.75) is 13.0 Å². The van der Waals surface area contributed by atoms with E-state index in [-0.39, 0.29) is 5.56 Å². The van der Waals surface area contributed by atoms with Crippen molar-refractivity contribution in [3.63, 3.8) is 0 Å². The average Bonchev–Trinajstić information content (AvgIpc) is 3.46. The van der Waals surface area contributed by atoms with Crippen LogP contribution < -0.4 is 10.5 Å². The molecule has 1 aliphatic heterocycles. The molecule has 4 aromatic rings. The smallest absolute Gasteiger partial charge is 0.294 e. The van der Waals surface area contributed by atoms with Gasteiger partial charge in [0.05, 0.1) is 24.2 Å². The molecule has 0 amide bonds. The summed E-state index contributed by atoms with van der Waals surface area (Å²) in [4.78, 5) is 20.0. The van der Waals surface area contributed by atoms with Crippen LogP contribution in [0.1, 0.15) is 5.56 Å². The van der Waals surface area contributed by atoms with E-state index in [1.807, 2.05) is 30.3 Å². The van der Waals surface area contributed by atoms with Crippen LogP contribution in [0, 0.1) is 0 Å². The van der Waals surface area contributed by atoms with Gasteiger partial charge in [-0.05, 0) is 24.1 Å².